The number of Topliss-reactive ketones (excluding diaryl/α,β-unsaturated/α-hetero) is 2. The van der Waals surface area contributed by atoms with Crippen molar-refractivity contribution in [1.82, 2.24) is 0 Å². The zero-order chi connectivity index (χ0) is 16.1. The van der Waals surface area contributed by atoms with E-state index in [0.717, 1.165) is 10.8 Å². The average molecular weight is 367 g/mol. The molecule has 1 N–H and O–H groups in total. The third kappa shape index (κ3) is 1.95. The maximum Gasteiger partial charge on any atom is 0.178 e. The molecule has 4 heteroatoms. The Kier molecular flexibility index (Phi) is 3.10. The normalized spacial score (nSPS) is 14.5. The van der Waals surface area contributed by atoms with E-state index in [0.29, 0.717) is 21.2 Å². The van der Waals surface area contributed by atoms with Crippen molar-refractivity contribution in [2.24, 2.45) is 0 Å². The molecule has 0 saturated carbocycles. The van der Waals surface area contributed by atoms with E-state index in [4.69, 9.17) is 0 Å². The van der Waals surface area contributed by atoms with Crippen LogP contribution >= 0.6 is 15.9 Å². The predicted octanol–water partition coefficient (Wildman–Crippen LogP) is 4.47. The molecule has 0 atom stereocenters. The summed E-state index contributed by atoms with van der Waals surface area (Å²) in [6.07, 6.45) is 0. The summed E-state index contributed by atoms with van der Waals surface area (Å²) >= 11 is 3.38. The Morgan fingerprint density at radius 2 is 1.43 bits per heavy atom. The Morgan fingerprint density at radius 1 is 0.870 bits per heavy atom. The number of ketones is 2. The van der Waals surface area contributed by atoms with Crippen LogP contribution in [0.25, 0.3) is 10.8 Å². The number of hydrogen-bond acceptors (Lipinski definition) is 3. The number of phenols is 1. The van der Waals surface area contributed by atoms with Crippen molar-refractivity contribution in [1.29, 1.82) is 0 Å². The summed E-state index contributed by atoms with van der Waals surface area (Å²) in [5.41, 5.74) is 1.19. The lowest BCUT2D eigenvalue weighted by Crippen LogP contribution is -2.13. The van der Waals surface area contributed by atoms with Crippen molar-refractivity contribution in [3.8, 4) is 5.75 Å². The highest BCUT2D eigenvalue weighted by molar-refractivity contribution is 9.10. The molecular formula is C19H11BrO3. The van der Waals surface area contributed by atoms with Gasteiger partial charge in [-0.05, 0) is 32.8 Å². The topological polar surface area (TPSA) is 54.4 Å². The van der Waals surface area contributed by atoms with Gasteiger partial charge in [-0.25, -0.2) is 0 Å². The van der Waals surface area contributed by atoms with Crippen LogP contribution < -0.4 is 0 Å². The number of hydrogen-bond donors (Lipinski definition) is 1. The molecule has 0 bridgehead atoms. The number of benzene rings is 3. The Labute approximate surface area is 140 Å². The van der Waals surface area contributed by atoms with E-state index in [2.05, 4.69) is 15.9 Å². The molecule has 0 radical (unpaired) electrons. The number of carbonyl (C=O) groups excluding carboxylic acids is 2. The van der Waals surface area contributed by atoms with Gasteiger partial charge in [0.25, 0.3) is 0 Å². The van der Waals surface area contributed by atoms with E-state index in [-0.39, 0.29) is 17.3 Å². The van der Waals surface area contributed by atoms with Crippen LogP contribution in [0.5, 0.6) is 5.75 Å². The molecule has 1 aliphatic carbocycles. The van der Waals surface area contributed by atoms with Crippen molar-refractivity contribution >= 4 is 38.3 Å². The van der Waals surface area contributed by atoms with Crippen LogP contribution in [0.1, 0.15) is 32.2 Å². The van der Waals surface area contributed by atoms with E-state index >= 15 is 0 Å². The van der Waals surface area contributed by atoms with Crippen molar-refractivity contribution in [3.05, 3.63) is 75.8 Å². The number of phenolic OH excluding ortho intramolecular Hbond substituents is 1. The van der Waals surface area contributed by atoms with Crippen molar-refractivity contribution in [2.75, 3.05) is 0 Å². The first-order valence-corrected chi connectivity index (χ1v) is 7.96. The minimum atomic E-state index is -0.978. The first-order valence-electron chi connectivity index (χ1n) is 7.17. The van der Waals surface area contributed by atoms with Gasteiger partial charge in [-0.3, -0.25) is 9.59 Å². The standard InChI is InChI=1S/C19H11BrO3/c20-16-11-6-2-1-5-10(11)9-14(19(16)23)15-17(21)12-7-3-4-8-13(12)18(15)22/h1-9,15,23H. The predicted molar refractivity (Wildman–Crippen MR) is 91.2 cm³/mol. The molecule has 0 amide bonds. The van der Waals surface area contributed by atoms with Gasteiger partial charge in [0.15, 0.2) is 11.6 Å². The molecule has 23 heavy (non-hydrogen) atoms. The van der Waals surface area contributed by atoms with Gasteiger partial charge >= 0.3 is 0 Å². The summed E-state index contributed by atoms with van der Waals surface area (Å²) < 4.78 is 0.502. The minimum Gasteiger partial charge on any atom is -0.506 e. The lowest BCUT2D eigenvalue weighted by molar-refractivity contribution is 0.0888. The maximum atomic E-state index is 12.7. The van der Waals surface area contributed by atoms with Gasteiger partial charge < -0.3 is 5.11 Å². The fraction of sp³-hybridized carbons (Fsp3) is 0.0526. The van der Waals surface area contributed by atoms with E-state index in [1.165, 1.54) is 0 Å². The van der Waals surface area contributed by atoms with Crippen LogP contribution in [-0.2, 0) is 0 Å². The largest absolute Gasteiger partial charge is 0.506 e. The lowest BCUT2D eigenvalue weighted by atomic mass is 9.91. The number of rotatable bonds is 1. The lowest BCUT2D eigenvalue weighted by Gasteiger charge is -2.13. The average Bonchev–Trinajstić information content (AvgIpc) is 2.83. The summed E-state index contributed by atoms with van der Waals surface area (Å²) in [5, 5.41) is 12.2. The zero-order valence-electron chi connectivity index (χ0n) is 11.9. The Hall–Kier alpha value is -2.46. The minimum absolute atomic E-state index is 0.0526. The molecule has 0 aliphatic heterocycles. The molecule has 0 aromatic heterocycles. The van der Waals surface area contributed by atoms with E-state index in [1.807, 2.05) is 24.3 Å². The molecule has 3 aromatic carbocycles. The van der Waals surface area contributed by atoms with Crippen molar-refractivity contribution in [3.63, 3.8) is 0 Å². The molecule has 112 valence electrons. The summed E-state index contributed by atoms with van der Waals surface area (Å²) in [6, 6.07) is 16.0. The van der Waals surface area contributed by atoms with E-state index in [9.17, 15) is 14.7 Å². The molecule has 0 spiro atoms. The first kappa shape index (κ1) is 14.2. The fourth-order valence-corrected chi connectivity index (χ4v) is 3.75. The maximum absolute atomic E-state index is 12.7. The van der Waals surface area contributed by atoms with Crippen LogP contribution in [0.2, 0.25) is 0 Å². The molecule has 0 fully saturated rings. The molecule has 0 unspecified atom stereocenters. The zero-order valence-corrected chi connectivity index (χ0v) is 13.5. The molecule has 1 aliphatic rings. The van der Waals surface area contributed by atoms with Crippen LogP contribution in [-0.4, -0.2) is 16.7 Å². The number of aromatic hydroxyl groups is 1. The summed E-state index contributed by atoms with van der Waals surface area (Å²) in [6.45, 7) is 0. The van der Waals surface area contributed by atoms with Gasteiger partial charge in [-0.15, -0.1) is 0 Å². The van der Waals surface area contributed by atoms with Crippen molar-refractivity contribution in [2.45, 2.75) is 5.92 Å². The highest BCUT2D eigenvalue weighted by Gasteiger charge is 2.41. The molecule has 0 heterocycles. The van der Waals surface area contributed by atoms with Crippen LogP contribution in [0.3, 0.4) is 0 Å². The van der Waals surface area contributed by atoms with Crippen molar-refractivity contribution < 1.29 is 14.7 Å². The third-order valence-corrected chi connectivity index (χ3v) is 5.09. The SMILES string of the molecule is O=C1c2ccccc2C(=O)C1c1cc2ccccc2c(Br)c1O. The van der Waals surface area contributed by atoms with Gasteiger partial charge in [-0.2, -0.15) is 0 Å². The molecule has 0 saturated heterocycles. The summed E-state index contributed by atoms with van der Waals surface area (Å²) in [7, 11) is 0. The summed E-state index contributed by atoms with van der Waals surface area (Å²) in [4.78, 5) is 25.3. The number of fused-ring (bicyclic) bond motifs is 2. The highest BCUT2D eigenvalue weighted by atomic mass is 79.9. The second-order valence-electron chi connectivity index (χ2n) is 5.56. The van der Waals surface area contributed by atoms with Crippen LogP contribution in [0.15, 0.2) is 59.1 Å². The third-order valence-electron chi connectivity index (χ3n) is 4.28. The molecular weight excluding hydrogens is 356 g/mol. The van der Waals surface area contributed by atoms with Gasteiger partial charge in [0.05, 0.1) is 4.47 Å². The van der Waals surface area contributed by atoms with Gasteiger partial charge in [0.1, 0.15) is 11.7 Å². The Morgan fingerprint density at radius 3 is 2.09 bits per heavy atom. The molecule has 3 aromatic rings. The van der Waals surface area contributed by atoms with Gasteiger partial charge in [0, 0.05) is 16.7 Å². The quantitative estimate of drug-likeness (QED) is 0.646. The van der Waals surface area contributed by atoms with Crippen LogP contribution in [0, 0.1) is 0 Å². The number of halogens is 1. The van der Waals surface area contributed by atoms with Crippen LogP contribution in [0.4, 0.5) is 0 Å². The monoisotopic (exact) mass is 366 g/mol. The molecule has 4 rings (SSSR count). The first-order chi connectivity index (χ1) is 11.1. The number of carbonyl (C=O) groups is 2. The fourth-order valence-electron chi connectivity index (χ4n) is 3.16. The Balaban J connectivity index is 1.96. The van der Waals surface area contributed by atoms with E-state index < -0.39 is 5.92 Å². The highest BCUT2D eigenvalue weighted by Crippen LogP contribution is 2.43. The van der Waals surface area contributed by atoms with Gasteiger partial charge in [-0.1, -0.05) is 48.5 Å². The smallest absolute Gasteiger partial charge is 0.178 e. The Bertz CT molecular complexity index is 956. The molecule has 3 nitrogen and oxygen atoms in total. The second kappa shape index (κ2) is 5.03. The summed E-state index contributed by atoms with van der Waals surface area (Å²) in [5.74, 6) is -1.55. The van der Waals surface area contributed by atoms with E-state index in [1.54, 1.807) is 30.3 Å². The van der Waals surface area contributed by atoms with Gasteiger partial charge in [0.2, 0.25) is 0 Å². The second-order valence-corrected chi connectivity index (χ2v) is 6.35.